The van der Waals surface area contributed by atoms with Gasteiger partial charge in [0.1, 0.15) is 0 Å². The average Bonchev–Trinajstić information content (AvgIpc) is 2.93. The highest BCUT2D eigenvalue weighted by Gasteiger charge is 2.21. The Morgan fingerprint density at radius 2 is 1.96 bits per heavy atom. The molecule has 0 atom stereocenters. The molecule has 1 aromatic heterocycles. The van der Waals surface area contributed by atoms with Crippen LogP contribution < -0.4 is 5.32 Å². The highest BCUT2D eigenvalue weighted by Crippen LogP contribution is 2.21. The predicted octanol–water partition coefficient (Wildman–Crippen LogP) is 4.05. The largest absolute Gasteiger partial charge is 0.355 e. The number of thiazole rings is 1. The molecule has 132 valence electrons. The molecule has 0 unspecified atom stereocenters. The van der Waals surface area contributed by atoms with E-state index in [1.165, 1.54) is 5.56 Å². The Morgan fingerprint density at radius 3 is 2.50 bits per heavy atom. The number of hydrogen-bond donors (Lipinski definition) is 1. The molecule has 24 heavy (non-hydrogen) atoms. The summed E-state index contributed by atoms with van der Waals surface area (Å²) < 4.78 is 0. The second kappa shape index (κ2) is 9.36. The zero-order valence-corrected chi connectivity index (χ0v) is 18.2. The van der Waals surface area contributed by atoms with Crippen LogP contribution in [0.4, 0.5) is 0 Å². The number of halogens is 1. The van der Waals surface area contributed by atoms with Crippen molar-refractivity contribution in [3.05, 3.63) is 52.0 Å². The normalized spacial score (nSPS) is 11.8. The monoisotopic (exact) mass is 458 g/mol. The number of aromatic nitrogens is 1. The molecule has 6 heteroatoms. The molecule has 0 spiro atoms. The zero-order chi connectivity index (χ0) is 16.9. The van der Waals surface area contributed by atoms with Gasteiger partial charge < -0.3 is 10.2 Å². The molecular formula is C18H27IN4S. The fraction of sp³-hybridized carbons (Fsp3) is 0.444. The molecule has 0 saturated carbocycles. The maximum atomic E-state index is 4.52. The Bertz CT molecular complexity index is 652. The van der Waals surface area contributed by atoms with Crippen LogP contribution in [-0.2, 0) is 12.0 Å². The first-order valence-electron chi connectivity index (χ1n) is 7.80. The molecule has 1 heterocycles. The van der Waals surface area contributed by atoms with Crippen LogP contribution in [0.5, 0.6) is 0 Å². The average molecular weight is 458 g/mol. The van der Waals surface area contributed by atoms with Gasteiger partial charge in [-0.25, -0.2) is 4.98 Å². The van der Waals surface area contributed by atoms with Gasteiger partial charge in [-0.1, -0.05) is 44.2 Å². The highest BCUT2D eigenvalue weighted by molar-refractivity contribution is 14.0. The van der Waals surface area contributed by atoms with Gasteiger partial charge in [-0.3, -0.25) is 4.99 Å². The zero-order valence-electron chi connectivity index (χ0n) is 15.0. The minimum atomic E-state index is 0. The fourth-order valence-electron chi connectivity index (χ4n) is 2.47. The van der Waals surface area contributed by atoms with Gasteiger partial charge in [0.2, 0.25) is 0 Å². The van der Waals surface area contributed by atoms with E-state index in [1.54, 1.807) is 11.3 Å². The van der Waals surface area contributed by atoms with Gasteiger partial charge >= 0.3 is 0 Å². The molecule has 0 aliphatic carbocycles. The molecular weight excluding hydrogens is 431 g/mol. The molecule has 1 N–H and O–H groups in total. The summed E-state index contributed by atoms with van der Waals surface area (Å²) in [6.07, 6.45) is 0. The molecule has 1 aromatic carbocycles. The van der Waals surface area contributed by atoms with Crippen molar-refractivity contribution >= 4 is 41.3 Å². The third-order valence-corrected chi connectivity index (χ3v) is 4.71. The standard InChI is InChI=1S/C18H26N4S.HI/c1-14-21-16(12-23-14)11-22(5)17(19-4)20-13-18(2,3)15-9-7-6-8-10-15;/h6-10,12H,11,13H2,1-5H3,(H,19,20);1H. The molecule has 0 aliphatic rings. The van der Waals surface area contributed by atoms with E-state index in [0.29, 0.717) is 0 Å². The van der Waals surface area contributed by atoms with Crippen LogP contribution in [0.2, 0.25) is 0 Å². The molecule has 2 aromatic rings. The molecule has 0 bridgehead atoms. The van der Waals surface area contributed by atoms with E-state index in [4.69, 9.17) is 0 Å². The fourth-order valence-corrected chi connectivity index (χ4v) is 3.08. The quantitative estimate of drug-likeness (QED) is 0.418. The van der Waals surface area contributed by atoms with E-state index in [2.05, 4.69) is 69.8 Å². The van der Waals surface area contributed by atoms with Gasteiger partial charge in [0.15, 0.2) is 5.96 Å². The van der Waals surface area contributed by atoms with Gasteiger partial charge in [-0.2, -0.15) is 0 Å². The topological polar surface area (TPSA) is 40.5 Å². The Kier molecular flexibility index (Phi) is 8.15. The number of rotatable bonds is 5. The smallest absolute Gasteiger partial charge is 0.193 e. The lowest BCUT2D eigenvalue weighted by Gasteiger charge is -2.29. The van der Waals surface area contributed by atoms with E-state index in [1.807, 2.05) is 21.0 Å². The number of benzene rings is 1. The second-order valence-corrected chi connectivity index (χ2v) is 7.43. The molecule has 0 aliphatic heterocycles. The number of nitrogens with one attached hydrogen (secondary N) is 1. The molecule has 0 saturated heterocycles. The van der Waals surface area contributed by atoms with Crippen molar-refractivity contribution in [1.29, 1.82) is 0 Å². The summed E-state index contributed by atoms with van der Waals surface area (Å²) >= 11 is 1.68. The van der Waals surface area contributed by atoms with Crippen LogP contribution in [0.25, 0.3) is 0 Å². The molecule has 2 rings (SSSR count). The molecule has 0 amide bonds. The molecule has 0 radical (unpaired) electrons. The van der Waals surface area contributed by atoms with Crippen LogP contribution in [-0.4, -0.2) is 36.5 Å². The van der Waals surface area contributed by atoms with Crippen LogP contribution in [0.1, 0.15) is 30.1 Å². The van der Waals surface area contributed by atoms with Crippen LogP contribution in [0, 0.1) is 6.92 Å². The van der Waals surface area contributed by atoms with Gasteiger partial charge in [0.25, 0.3) is 0 Å². The third kappa shape index (κ3) is 5.73. The van der Waals surface area contributed by atoms with E-state index in [9.17, 15) is 0 Å². The van der Waals surface area contributed by atoms with Crippen molar-refractivity contribution in [3.63, 3.8) is 0 Å². The van der Waals surface area contributed by atoms with E-state index >= 15 is 0 Å². The molecule has 0 fully saturated rings. The minimum absolute atomic E-state index is 0. The minimum Gasteiger partial charge on any atom is -0.355 e. The van der Waals surface area contributed by atoms with E-state index < -0.39 is 0 Å². The summed E-state index contributed by atoms with van der Waals surface area (Å²) in [5, 5.41) is 6.69. The summed E-state index contributed by atoms with van der Waals surface area (Å²) in [5.74, 6) is 0.889. The maximum absolute atomic E-state index is 4.52. The van der Waals surface area contributed by atoms with Crippen molar-refractivity contribution in [2.45, 2.75) is 32.7 Å². The lowest BCUT2D eigenvalue weighted by molar-refractivity contribution is 0.445. The van der Waals surface area contributed by atoms with Gasteiger partial charge in [0.05, 0.1) is 17.2 Å². The first-order chi connectivity index (χ1) is 10.9. The number of aryl methyl sites for hydroxylation is 1. The Labute approximate surface area is 166 Å². The summed E-state index contributed by atoms with van der Waals surface area (Å²) in [6, 6.07) is 10.6. The Morgan fingerprint density at radius 1 is 1.29 bits per heavy atom. The van der Waals surface area contributed by atoms with Crippen molar-refractivity contribution < 1.29 is 0 Å². The summed E-state index contributed by atoms with van der Waals surface area (Å²) in [7, 11) is 3.86. The van der Waals surface area contributed by atoms with Gasteiger partial charge in [-0.05, 0) is 12.5 Å². The predicted molar refractivity (Wildman–Crippen MR) is 115 cm³/mol. The first kappa shape index (κ1) is 20.9. The maximum Gasteiger partial charge on any atom is 0.193 e. The van der Waals surface area contributed by atoms with Crippen LogP contribution in [0.15, 0.2) is 40.7 Å². The van der Waals surface area contributed by atoms with Crippen molar-refractivity contribution in [2.24, 2.45) is 4.99 Å². The number of hydrogen-bond acceptors (Lipinski definition) is 3. The SMILES string of the molecule is CN=C(NCC(C)(C)c1ccccc1)N(C)Cc1csc(C)n1.I. The van der Waals surface area contributed by atoms with E-state index in [0.717, 1.165) is 29.8 Å². The highest BCUT2D eigenvalue weighted by atomic mass is 127. The number of aliphatic imine (C=N–C) groups is 1. The number of nitrogens with zero attached hydrogens (tertiary/aromatic N) is 3. The summed E-state index contributed by atoms with van der Waals surface area (Å²) in [4.78, 5) is 11.0. The Balaban J connectivity index is 0.00000288. The summed E-state index contributed by atoms with van der Waals surface area (Å²) in [5.41, 5.74) is 2.44. The molecule has 4 nitrogen and oxygen atoms in total. The first-order valence-corrected chi connectivity index (χ1v) is 8.68. The third-order valence-electron chi connectivity index (χ3n) is 3.88. The lowest BCUT2D eigenvalue weighted by Crippen LogP contribution is -2.44. The van der Waals surface area contributed by atoms with Crippen molar-refractivity contribution in [1.82, 2.24) is 15.2 Å². The van der Waals surface area contributed by atoms with Crippen molar-refractivity contribution in [3.8, 4) is 0 Å². The van der Waals surface area contributed by atoms with Crippen LogP contribution >= 0.6 is 35.3 Å². The number of guanidine groups is 1. The van der Waals surface area contributed by atoms with E-state index in [-0.39, 0.29) is 29.4 Å². The van der Waals surface area contributed by atoms with Gasteiger partial charge in [-0.15, -0.1) is 35.3 Å². The van der Waals surface area contributed by atoms with Crippen LogP contribution in [0.3, 0.4) is 0 Å². The van der Waals surface area contributed by atoms with Gasteiger partial charge in [0, 0.05) is 31.4 Å². The Hall–Kier alpha value is -1.15. The second-order valence-electron chi connectivity index (χ2n) is 6.36. The summed E-state index contributed by atoms with van der Waals surface area (Å²) in [6.45, 7) is 8.10. The lowest BCUT2D eigenvalue weighted by atomic mass is 9.85. The van der Waals surface area contributed by atoms with Crippen molar-refractivity contribution in [2.75, 3.05) is 20.6 Å².